The van der Waals surface area contributed by atoms with Gasteiger partial charge in [0.2, 0.25) is 0 Å². The summed E-state index contributed by atoms with van der Waals surface area (Å²) in [5.41, 5.74) is 2.13. The number of para-hydroxylation sites is 1. The topological polar surface area (TPSA) is 29.9 Å². The lowest BCUT2D eigenvalue weighted by Crippen LogP contribution is -2.01. The summed E-state index contributed by atoms with van der Waals surface area (Å²) in [5, 5.41) is 7.18. The van der Waals surface area contributed by atoms with Crippen LogP contribution >= 0.6 is 0 Å². The van der Waals surface area contributed by atoms with E-state index < -0.39 is 11.6 Å². The summed E-state index contributed by atoms with van der Waals surface area (Å²) in [5.74, 6) is -1.19. The molecule has 106 valence electrons. The smallest absolute Gasteiger partial charge is 0.149 e. The van der Waals surface area contributed by atoms with E-state index >= 15 is 0 Å². The van der Waals surface area contributed by atoms with Gasteiger partial charge in [0.15, 0.2) is 0 Å². The predicted molar refractivity (Wildman–Crippen MR) is 77.2 cm³/mol. The first-order chi connectivity index (χ1) is 10.2. The van der Waals surface area contributed by atoms with Crippen molar-refractivity contribution in [2.45, 2.75) is 6.54 Å². The van der Waals surface area contributed by atoms with Crippen molar-refractivity contribution >= 4 is 5.69 Å². The van der Waals surface area contributed by atoms with Gasteiger partial charge in [0.05, 0.1) is 17.6 Å². The SMILES string of the molecule is Fc1ccc(NCc2cnn(-c3ccccc3)c2)c(F)c1. The minimum absolute atomic E-state index is 0.267. The summed E-state index contributed by atoms with van der Waals surface area (Å²) < 4.78 is 28.1. The molecule has 21 heavy (non-hydrogen) atoms. The largest absolute Gasteiger partial charge is 0.378 e. The van der Waals surface area contributed by atoms with Crippen molar-refractivity contribution in [3.63, 3.8) is 0 Å². The van der Waals surface area contributed by atoms with Gasteiger partial charge in [0, 0.05) is 24.4 Å². The van der Waals surface area contributed by atoms with Gasteiger partial charge in [-0.25, -0.2) is 13.5 Å². The van der Waals surface area contributed by atoms with Crippen molar-refractivity contribution in [3.8, 4) is 5.69 Å². The molecule has 0 radical (unpaired) electrons. The van der Waals surface area contributed by atoms with Gasteiger partial charge in [-0.3, -0.25) is 0 Å². The highest BCUT2D eigenvalue weighted by Gasteiger charge is 2.05. The molecule has 0 saturated carbocycles. The van der Waals surface area contributed by atoms with Crippen molar-refractivity contribution in [3.05, 3.63) is 78.1 Å². The maximum Gasteiger partial charge on any atom is 0.149 e. The van der Waals surface area contributed by atoms with Gasteiger partial charge in [-0.15, -0.1) is 0 Å². The Labute approximate surface area is 120 Å². The highest BCUT2D eigenvalue weighted by atomic mass is 19.1. The number of halogens is 2. The fourth-order valence-corrected chi connectivity index (χ4v) is 2.00. The van der Waals surface area contributed by atoms with Crippen LogP contribution in [0, 0.1) is 11.6 Å². The normalized spacial score (nSPS) is 10.6. The van der Waals surface area contributed by atoms with Crippen LogP contribution in [0.15, 0.2) is 60.9 Å². The molecule has 1 heterocycles. The van der Waals surface area contributed by atoms with Crippen LogP contribution in [0.25, 0.3) is 5.69 Å². The number of hydrogen-bond donors (Lipinski definition) is 1. The average molecular weight is 285 g/mol. The fourth-order valence-electron chi connectivity index (χ4n) is 2.00. The van der Waals surface area contributed by atoms with E-state index in [1.54, 1.807) is 10.9 Å². The van der Waals surface area contributed by atoms with E-state index in [0.717, 1.165) is 17.3 Å². The molecule has 3 rings (SSSR count). The first kappa shape index (κ1) is 13.3. The van der Waals surface area contributed by atoms with Crippen LogP contribution in [0.4, 0.5) is 14.5 Å². The highest BCUT2D eigenvalue weighted by molar-refractivity contribution is 5.45. The van der Waals surface area contributed by atoms with Crippen LogP contribution < -0.4 is 5.32 Å². The van der Waals surface area contributed by atoms with Gasteiger partial charge in [-0.05, 0) is 24.3 Å². The van der Waals surface area contributed by atoms with E-state index in [-0.39, 0.29) is 5.69 Å². The number of anilines is 1. The van der Waals surface area contributed by atoms with E-state index in [0.29, 0.717) is 6.54 Å². The molecule has 0 aliphatic heterocycles. The lowest BCUT2D eigenvalue weighted by molar-refractivity contribution is 0.585. The highest BCUT2D eigenvalue weighted by Crippen LogP contribution is 2.16. The summed E-state index contributed by atoms with van der Waals surface area (Å²) in [6, 6.07) is 13.2. The first-order valence-corrected chi connectivity index (χ1v) is 6.50. The summed E-state index contributed by atoms with van der Waals surface area (Å²) in [4.78, 5) is 0. The zero-order chi connectivity index (χ0) is 14.7. The molecule has 5 heteroatoms. The Hall–Kier alpha value is -2.69. The Morgan fingerprint density at radius 2 is 1.86 bits per heavy atom. The summed E-state index contributed by atoms with van der Waals surface area (Å²) in [7, 11) is 0. The lowest BCUT2D eigenvalue weighted by Gasteiger charge is -2.05. The summed E-state index contributed by atoms with van der Waals surface area (Å²) in [6.07, 6.45) is 3.57. The average Bonchev–Trinajstić information content (AvgIpc) is 2.96. The molecule has 2 aromatic carbocycles. The van der Waals surface area contributed by atoms with Gasteiger partial charge < -0.3 is 5.32 Å². The van der Waals surface area contributed by atoms with Crippen LogP contribution in [0.2, 0.25) is 0 Å². The molecule has 0 amide bonds. The molecule has 3 aromatic rings. The zero-order valence-corrected chi connectivity index (χ0v) is 11.1. The van der Waals surface area contributed by atoms with Gasteiger partial charge >= 0.3 is 0 Å². The third-order valence-corrected chi connectivity index (χ3v) is 3.07. The minimum atomic E-state index is -0.606. The second-order valence-electron chi connectivity index (χ2n) is 4.61. The van der Waals surface area contributed by atoms with Crippen LogP contribution in [-0.4, -0.2) is 9.78 Å². The molecule has 1 aromatic heterocycles. The molecule has 0 saturated heterocycles. The van der Waals surface area contributed by atoms with Crippen molar-refractivity contribution in [2.24, 2.45) is 0 Å². The predicted octanol–water partition coefficient (Wildman–Crippen LogP) is 3.76. The standard InChI is InChI=1S/C16H13F2N3/c17-13-6-7-16(15(18)8-13)19-9-12-10-20-21(11-12)14-4-2-1-3-5-14/h1-8,10-11,19H,9H2. The molecule has 0 fully saturated rings. The van der Waals surface area contributed by atoms with Gasteiger partial charge in [0.25, 0.3) is 0 Å². The minimum Gasteiger partial charge on any atom is -0.378 e. The van der Waals surface area contributed by atoms with E-state index in [1.165, 1.54) is 12.1 Å². The second-order valence-corrected chi connectivity index (χ2v) is 4.61. The number of benzene rings is 2. The van der Waals surface area contributed by atoms with Crippen LogP contribution in [-0.2, 0) is 6.54 Å². The molecule has 0 unspecified atom stereocenters. The Balaban J connectivity index is 1.70. The van der Waals surface area contributed by atoms with Crippen LogP contribution in [0.1, 0.15) is 5.56 Å². The molecular weight excluding hydrogens is 272 g/mol. The third-order valence-electron chi connectivity index (χ3n) is 3.07. The van der Waals surface area contributed by atoms with E-state index in [4.69, 9.17) is 0 Å². The molecule has 0 aliphatic carbocycles. The number of nitrogens with one attached hydrogen (secondary N) is 1. The molecule has 0 spiro atoms. The van der Waals surface area contributed by atoms with Crippen molar-refractivity contribution in [1.29, 1.82) is 0 Å². The van der Waals surface area contributed by atoms with Crippen molar-refractivity contribution < 1.29 is 8.78 Å². The van der Waals surface area contributed by atoms with E-state index in [9.17, 15) is 8.78 Å². The Morgan fingerprint density at radius 3 is 2.62 bits per heavy atom. The Kier molecular flexibility index (Phi) is 3.64. The fraction of sp³-hybridized carbons (Fsp3) is 0.0625. The molecule has 3 nitrogen and oxygen atoms in total. The maximum absolute atomic E-state index is 13.5. The second kappa shape index (κ2) is 5.75. The quantitative estimate of drug-likeness (QED) is 0.791. The number of nitrogens with zero attached hydrogens (tertiary/aromatic N) is 2. The van der Waals surface area contributed by atoms with Crippen LogP contribution in [0.5, 0.6) is 0 Å². The van der Waals surface area contributed by atoms with Gasteiger partial charge in [0.1, 0.15) is 11.6 Å². The number of hydrogen-bond acceptors (Lipinski definition) is 2. The molecular formula is C16H13F2N3. The summed E-state index contributed by atoms with van der Waals surface area (Å²) in [6.45, 7) is 0.412. The Morgan fingerprint density at radius 1 is 1.05 bits per heavy atom. The third kappa shape index (κ3) is 3.08. The van der Waals surface area contributed by atoms with Crippen molar-refractivity contribution in [1.82, 2.24) is 9.78 Å². The molecule has 1 N–H and O–H groups in total. The summed E-state index contributed by atoms with van der Waals surface area (Å²) >= 11 is 0. The zero-order valence-electron chi connectivity index (χ0n) is 11.1. The van der Waals surface area contributed by atoms with E-state index in [1.807, 2.05) is 36.5 Å². The van der Waals surface area contributed by atoms with Crippen LogP contribution in [0.3, 0.4) is 0 Å². The lowest BCUT2D eigenvalue weighted by atomic mass is 10.2. The van der Waals surface area contributed by atoms with E-state index in [2.05, 4.69) is 10.4 Å². The Bertz CT molecular complexity index is 738. The number of aromatic nitrogens is 2. The maximum atomic E-state index is 13.5. The molecule has 0 bridgehead atoms. The monoisotopic (exact) mass is 285 g/mol. The number of rotatable bonds is 4. The first-order valence-electron chi connectivity index (χ1n) is 6.50. The van der Waals surface area contributed by atoms with Gasteiger partial charge in [-0.2, -0.15) is 5.10 Å². The molecule has 0 atom stereocenters. The van der Waals surface area contributed by atoms with Gasteiger partial charge in [-0.1, -0.05) is 18.2 Å². The molecule has 0 aliphatic rings. The van der Waals surface area contributed by atoms with Crippen molar-refractivity contribution in [2.75, 3.05) is 5.32 Å².